The molecule has 88 valence electrons. The first-order valence-electron chi connectivity index (χ1n) is 5.57. The van der Waals surface area contributed by atoms with Gasteiger partial charge in [0.25, 0.3) is 0 Å². The number of furan rings is 1. The van der Waals surface area contributed by atoms with Crippen LogP contribution in [0, 0.1) is 0 Å². The molecule has 0 saturated heterocycles. The standard InChI is InChI=1S/C12H13N3OS/c1-17-12-8-7-13-5-4-9(8)14-11(15-12)10-3-2-6-16-10/h2-3,6,13H,4-5,7H2,1H3. The van der Waals surface area contributed by atoms with Gasteiger partial charge in [-0.2, -0.15) is 0 Å². The van der Waals surface area contributed by atoms with E-state index in [4.69, 9.17) is 4.42 Å². The zero-order valence-electron chi connectivity index (χ0n) is 9.56. The number of hydrogen-bond acceptors (Lipinski definition) is 5. The van der Waals surface area contributed by atoms with E-state index >= 15 is 0 Å². The molecule has 0 atom stereocenters. The Morgan fingerprint density at radius 2 is 2.35 bits per heavy atom. The predicted octanol–water partition coefficient (Wildman–Crippen LogP) is 2.10. The molecule has 3 rings (SSSR count). The maximum Gasteiger partial charge on any atom is 0.196 e. The van der Waals surface area contributed by atoms with Gasteiger partial charge in [0.2, 0.25) is 0 Å². The van der Waals surface area contributed by atoms with Gasteiger partial charge in [-0.15, -0.1) is 11.8 Å². The molecular weight excluding hydrogens is 234 g/mol. The lowest BCUT2D eigenvalue weighted by atomic mass is 10.1. The first kappa shape index (κ1) is 10.8. The minimum atomic E-state index is 0.694. The molecule has 2 aromatic rings. The Morgan fingerprint density at radius 3 is 3.12 bits per heavy atom. The van der Waals surface area contributed by atoms with Crippen LogP contribution in [-0.2, 0) is 13.0 Å². The lowest BCUT2D eigenvalue weighted by Gasteiger charge is -2.18. The fourth-order valence-electron chi connectivity index (χ4n) is 2.00. The van der Waals surface area contributed by atoms with E-state index in [2.05, 4.69) is 15.3 Å². The predicted molar refractivity (Wildman–Crippen MR) is 66.9 cm³/mol. The first-order chi connectivity index (χ1) is 8.38. The van der Waals surface area contributed by atoms with Gasteiger partial charge in [-0.3, -0.25) is 0 Å². The van der Waals surface area contributed by atoms with Crippen LogP contribution in [0.4, 0.5) is 0 Å². The summed E-state index contributed by atoms with van der Waals surface area (Å²) in [6.07, 6.45) is 4.65. The van der Waals surface area contributed by atoms with E-state index in [1.165, 1.54) is 5.56 Å². The highest BCUT2D eigenvalue weighted by atomic mass is 32.2. The molecule has 17 heavy (non-hydrogen) atoms. The Hall–Kier alpha value is -1.33. The minimum Gasteiger partial charge on any atom is -0.461 e. The van der Waals surface area contributed by atoms with E-state index in [1.54, 1.807) is 18.0 Å². The average molecular weight is 247 g/mol. The fourth-order valence-corrected chi connectivity index (χ4v) is 2.61. The van der Waals surface area contributed by atoms with E-state index in [1.807, 2.05) is 18.4 Å². The molecule has 0 fully saturated rings. The number of fused-ring (bicyclic) bond motifs is 1. The summed E-state index contributed by atoms with van der Waals surface area (Å²) in [5.74, 6) is 1.43. The molecule has 5 heteroatoms. The van der Waals surface area contributed by atoms with Gasteiger partial charge in [0, 0.05) is 25.1 Å². The molecule has 0 bridgehead atoms. The summed E-state index contributed by atoms with van der Waals surface area (Å²) in [5.41, 5.74) is 2.38. The molecule has 0 radical (unpaired) electrons. The maximum absolute atomic E-state index is 5.36. The van der Waals surface area contributed by atoms with Crippen LogP contribution in [0.25, 0.3) is 11.6 Å². The molecule has 3 heterocycles. The summed E-state index contributed by atoms with van der Waals surface area (Å²) in [7, 11) is 0. The van der Waals surface area contributed by atoms with Crippen molar-refractivity contribution in [2.24, 2.45) is 0 Å². The van der Waals surface area contributed by atoms with Gasteiger partial charge in [-0.25, -0.2) is 9.97 Å². The Bertz CT molecular complexity index is 508. The van der Waals surface area contributed by atoms with Gasteiger partial charge in [0.1, 0.15) is 5.03 Å². The topological polar surface area (TPSA) is 51.0 Å². The third-order valence-electron chi connectivity index (χ3n) is 2.83. The summed E-state index contributed by atoms with van der Waals surface area (Å²) in [6.45, 7) is 1.85. The van der Waals surface area contributed by atoms with Crippen molar-refractivity contribution in [3.63, 3.8) is 0 Å². The number of thioether (sulfide) groups is 1. The zero-order chi connectivity index (χ0) is 11.7. The van der Waals surface area contributed by atoms with E-state index in [0.717, 1.165) is 36.0 Å². The summed E-state index contributed by atoms with van der Waals surface area (Å²) in [6, 6.07) is 3.76. The Morgan fingerprint density at radius 1 is 1.41 bits per heavy atom. The third kappa shape index (κ3) is 1.96. The Kier molecular flexibility index (Phi) is 2.86. The molecule has 0 aromatic carbocycles. The summed E-state index contributed by atoms with van der Waals surface area (Å²) in [5, 5.41) is 4.40. The largest absolute Gasteiger partial charge is 0.461 e. The van der Waals surface area contributed by atoms with Crippen LogP contribution in [0.5, 0.6) is 0 Å². The number of aromatic nitrogens is 2. The monoisotopic (exact) mass is 247 g/mol. The van der Waals surface area contributed by atoms with Crippen LogP contribution in [0.2, 0.25) is 0 Å². The average Bonchev–Trinajstić information content (AvgIpc) is 2.91. The molecule has 4 nitrogen and oxygen atoms in total. The fraction of sp³-hybridized carbons (Fsp3) is 0.333. The molecule has 2 aromatic heterocycles. The van der Waals surface area contributed by atoms with Crippen molar-refractivity contribution >= 4 is 11.8 Å². The highest BCUT2D eigenvalue weighted by Crippen LogP contribution is 2.26. The number of hydrogen-bond donors (Lipinski definition) is 1. The molecule has 1 aliphatic rings. The summed E-state index contributed by atoms with van der Waals surface area (Å²) < 4.78 is 5.36. The van der Waals surface area contributed by atoms with Crippen molar-refractivity contribution in [3.8, 4) is 11.6 Å². The molecular formula is C12H13N3OS. The lowest BCUT2D eigenvalue weighted by molar-refractivity contribution is 0.569. The van der Waals surface area contributed by atoms with Crippen molar-refractivity contribution in [1.29, 1.82) is 0 Å². The highest BCUT2D eigenvalue weighted by molar-refractivity contribution is 7.98. The van der Waals surface area contributed by atoms with E-state index < -0.39 is 0 Å². The second-order valence-electron chi connectivity index (χ2n) is 3.89. The quantitative estimate of drug-likeness (QED) is 0.650. The highest BCUT2D eigenvalue weighted by Gasteiger charge is 2.18. The third-order valence-corrected chi connectivity index (χ3v) is 3.55. The van der Waals surface area contributed by atoms with E-state index in [-0.39, 0.29) is 0 Å². The maximum atomic E-state index is 5.36. The molecule has 0 unspecified atom stereocenters. The van der Waals surface area contributed by atoms with Gasteiger partial charge in [-0.1, -0.05) is 0 Å². The van der Waals surface area contributed by atoms with Crippen LogP contribution in [0.1, 0.15) is 11.3 Å². The van der Waals surface area contributed by atoms with Crippen molar-refractivity contribution in [3.05, 3.63) is 29.7 Å². The number of nitrogens with one attached hydrogen (secondary N) is 1. The van der Waals surface area contributed by atoms with Crippen LogP contribution < -0.4 is 5.32 Å². The molecule has 0 amide bonds. The van der Waals surface area contributed by atoms with Crippen molar-refractivity contribution in [2.45, 2.75) is 18.0 Å². The SMILES string of the molecule is CSc1nc(-c2ccco2)nc2c1CNCC2. The molecule has 0 aliphatic carbocycles. The van der Waals surface area contributed by atoms with E-state index in [0.29, 0.717) is 5.82 Å². The van der Waals surface area contributed by atoms with E-state index in [9.17, 15) is 0 Å². The van der Waals surface area contributed by atoms with Gasteiger partial charge in [-0.05, 0) is 18.4 Å². The molecule has 0 saturated carbocycles. The van der Waals surface area contributed by atoms with Crippen molar-refractivity contribution < 1.29 is 4.42 Å². The molecule has 0 spiro atoms. The minimum absolute atomic E-state index is 0.694. The molecule has 1 aliphatic heterocycles. The van der Waals surface area contributed by atoms with Crippen LogP contribution >= 0.6 is 11.8 Å². The van der Waals surface area contributed by atoms with Gasteiger partial charge in [0.05, 0.1) is 12.0 Å². The van der Waals surface area contributed by atoms with Crippen LogP contribution in [-0.4, -0.2) is 22.8 Å². The van der Waals surface area contributed by atoms with Gasteiger partial charge in [0.15, 0.2) is 11.6 Å². The van der Waals surface area contributed by atoms with Crippen LogP contribution in [0.3, 0.4) is 0 Å². The van der Waals surface area contributed by atoms with Gasteiger partial charge >= 0.3 is 0 Å². The van der Waals surface area contributed by atoms with Gasteiger partial charge < -0.3 is 9.73 Å². The second-order valence-corrected chi connectivity index (χ2v) is 4.68. The summed E-state index contributed by atoms with van der Waals surface area (Å²) >= 11 is 1.66. The van der Waals surface area contributed by atoms with Crippen LogP contribution in [0.15, 0.2) is 27.8 Å². The zero-order valence-corrected chi connectivity index (χ0v) is 10.4. The first-order valence-corrected chi connectivity index (χ1v) is 6.79. The van der Waals surface area contributed by atoms with Crippen molar-refractivity contribution in [1.82, 2.24) is 15.3 Å². The molecule has 1 N–H and O–H groups in total. The normalized spacial score (nSPS) is 14.6. The Balaban J connectivity index is 2.12. The number of rotatable bonds is 2. The Labute approximate surface area is 104 Å². The van der Waals surface area contributed by atoms with Crippen molar-refractivity contribution in [2.75, 3.05) is 12.8 Å². The summed E-state index contributed by atoms with van der Waals surface area (Å²) in [4.78, 5) is 9.17. The second kappa shape index (κ2) is 4.50. The number of nitrogens with zero attached hydrogens (tertiary/aromatic N) is 2. The lowest BCUT2D eigenvalue weighted by Crippen LogP contribution is -2.26. The smallest absolute Gasteiger partial charge is 0.196 e.